The molecule has 0 spiro atoms. The van der Waals surface area contributed by atoms with Gasteiger partial charge in [0.05, 0.1) is 0 Å². The molecule has 1 unspecified atom stereocenters. The lowest BCUT2D eigenvalue weighted by Gasteiger charge is -2.18. The lowest BCUT2D eigenvalue weighted by molar-refractivity contribution is 0.567. The summed E-state index contributed by atoms with van der Waals surface area (Å²) < 4.78 is 13.7. The van der Waals surface area contributed by atoms with Gasteiger partial charge in [0.1, 0.15) is 5.82 Å². The van der Waals surface area contributed by atoms with Crippen molar-refractivity contribution in [2.75, 3.05) is 0 Å². The molecule has 1 aromatic rings. The number of hydrogen-bond acceptors (Lipinski definition) is 1. The van der Waals surface area contributed by atoms with Crippen LogP contribution in [0.4, 0.5) is 4.39 Å². The quantitative estimate of drug-likeness (QED) is 0.796. The second kappa shape index (κ2) is 5.65. The van der Waals surface area contributed by atoms with Gasteiger partial charge in [0.2, 0.25) is 0 Å². The molecule has 1 aliphatic rings. The minimum atomic E-state index is -0.304. The monoisotopic (exact) mass is 253 g/mol. The molecule has 0 saturated heterocycles. The molecule has 0 heterocycles. The summed E-state index contributed by atoms with van der Waals surface area (Å²) in [4.78, 5) is 0. The maximum Gasteiger partial charge on any atom is 0.129 e. The Morgan fingerprint density at radius 2 is 2.18 bits per heavy atom. The maximum absolute atomic E-state index is 13.7. The summed E-state index contributed by atoms with van der Waals surface area (Å²) >= 11 is 5.72. The summed E-state index contributed by atoms with van der Waals surface area (Å²) in [6.45, 7) is 0. The Morgan fingerprint density at radius 3 is 2.82 bits per heavy atom. The van der Waals surface area contributed by atoms with Crippen molar-refractivity contribution in [3.8, 4) is 0 Å². The van der Waals surface area contributed by atoms with E-state index < -0.39 is 0 Å². The predicted octanol–water partition coefficient (Wildman–Crippen LogP) is 4.37. The first-order valence-electron chi connectivity index (χ1n) is 6.05. The van der Waals surface area contributed by atoms with Crippen molar-refractivity contribution in [1.82, 2.24) is 0 Å². The average molecular weight is 254 g/mol. The number of nitrogens with two attached hydrogens (primary N) is 1. The highest BCUT2D eigenvalue weighted by Gasteiger charge is 2.14. The highest BCUT2D eigenvalue weighted by molar-refractivity contribution is 6.30. The van der Waals surface area contributed by atoms with E-state index in [9.17, 15) is 4.39 Å². The van der Waals surface area contributed by atoms with E-state index in [1.54, 1.807) is 12.1 Å². The molecule has 0 aliphatic heterocycles. The molecule has 0 amide bonds. The van der Waals surface area contributed by atoms with Gasteiger partial charge in [-0.1, -0.05) is 29.3 Å². The first-order valence-corrected chi connectivity index (χ1v) is 6.43. The topological polar surface area (TPSA) is 26.0 Å². The molecule has 0 fully saturated rings. The molecule has 0 bridgehead atoms. The Hall–Kier alpha value is -0.860. The van der Waals surface area contributed by atoms with Gasteiger partial charge in [-0.3, -0.25) is 0 Å². The van der Waals surface area contributed by atoms with Gasteiger partial charge in [-0.05, 0) is 44.2 Å². The SMILES string of the molecule is NC(CC1=CCCCC1)c1ccc(Cl)cc1F. The molecule has 0 saturated carbocycles. The van der Waals surface area contributed by atoms with E-state index >= 15 is 0 Å². The van der Waals surface area contributed by atoms with Gasteiger partial charge in [-0.2, -0.15) is 0 Å². The van der Waals surface area contributed by atoms with Crippen LogP contribution in [0.1, 0.15) is 43.7 Å². The Kier molecular flexibility index (Phi) is 4.19. The number of hydrogen-bond donors (Lipinski definition) is 1. The number of rotatable bonds is 3. The Labute approximate surface area is 106 Å². The van der Waals surface area contributed by atoms with Gasteiger partial charge in [-0.25, -0.2) is 4.39 Å². The van der Waals surface area contributed by atoms with Crippen LogP contribution >= 0.6 is 11.6 Å². The zero-order chi connectivity index (χ0) is 12.3. The summed E-state index contributed by atoms with van der Waals surface area (Å²) in [6.07, 6.45) is 7.71. The van der Waals surface area contributed by atoms with Crippen molar-refractivity contribution in [3.05, 3.63) is 46.3 Å². The number of benzene rings is 1. The summed E-state index contributed by atoms with van der Waals surface area (Å²) in [5, 5.41) is 0.412. The standard InChI is InChI=1S/C14H17ClFN/c15-11-6-7-12(13(16)9-11)14(17)8-10-4-2-1-3-5-10/h4,6-7,9,14H,1-3,5,8,17H2. The third-order valence-corrected chi connectivity index (χ3v) is 3.46. The van der Waals surface area contributed by atoms with Crippen molar-refractivity contribution >= 4 is 11.6 Å². The lowest BCUT2D eigenvalue weighted by Crippen LogP contribution is -2.13. The van der Waals surface area contributed by atoms with E-state index in [1.807, 2.05) is 0 Å². The van der Waals surface area contributed by atoms with Gasteiger partial charge in [0, 0.05) is 16.6 Å². The fraction of sp³-hybridized carbons (Fsp3) is 0.429. The molecular weight excluding hydrogens is 237 g/mol. The van der Waals surface area contributed by atoms with Crippen LogP contribution in [0.2, 0.25) is 5.02 Å². The van der Waals surface area contributed by atoms with Crippen LogP contribution in [0.15, 0.2) is 29.8 Å². The third-order valence-electron chi connectivity index (χ3n) is 3.23. The van der Waals surface area contributed by atoms with Crippen molar-refractivity contribution < 1.29 is 4.39 Å². The van der Waals surface area contributed by atoms with Crippen LogP contribution in [0.3, 0.4) is 0 Å². The van der Waals surface area contributed by atoms with E-state index in [0.717, 1.165) is 19.3 Å². The molecule has 1 atom stereocenters. The first-order chi connectivity index (χ1) is 8.16. The Morgan fingerprint density at radius 1 is 1.35 bits per heavy atom. The molecule has 2 rings (SSSR count). The van der Waals surface area contributed by atoms with E-state index in [4.69, 9.17) is 17.3 Å². The van der Waals surface area contributed by atoms with Gasteiger partial charge >= 0.3 is 0 Å². The molecule has 1 aliphatic carbocycles. The summed E-state index contributed by atoms with van der Waals surface area (Å²) in [5.41, 5.74) is 7.97. The molecule has 3 heteroatoms. The van der Waals surface area contributed by atoms with Crippen molar-refractivity contribution in [2.45, 2.75) is 38.1 Å². The minimum Gasteiger partial charge on any atom is -0.324 e. The van der Waals surface area contributed by atoms with Crippen molar-refractivity contribution in [1.29, 1.82) is 0 Å². The second-order valence-electron chi connectivity index (χ2n) is 4.58. The fourth-order valence-electron chi connectivity index (χ4n) is 2.28. The average Bonchev–Trinajstić information content (AvgIpc) is 2.30. The van der Waals surface area contributed by atoms with E-state index in [0.29, 0.717) is 10.6 Å². The van der Waals surface area contributed by atoms with Crippen LogP contribution in [0.5, 0.6) is 0 Å². The Bertz CT molecular complexity index is 428. The number of halogens is 2. The Balaban J connectivity index is 2.08. The molecular formula is C14H17ClFN. The smallest absolute Gasteiger partial charge is 0.129 e. The second-order valence-corrected chi connectivity index (χ2v) is 5.02. The van der Waals surface area contributed by atoms with Crippen LogP contribution in [0, 0.1) is 5.82 Å². The molecule has 0 aromatic heterocycles. The molecule has 17 heavy (non-hydrogen) atoms. The highest BCUT2D eigenvalue weighted by atomic mass is 35.5. The minimum absolute atomic E-state index is 0.267. The first kappa shape index (κ1) is 12.6. The van der Waals surface area contributed by atoms with E-state index in [1.165, 1.54) is 24.5 Å². The molecule has 0 radical (unpaired) electrons. The van der Waals surface area contributed by atoms with Gasteiger partial charge in [0.15, 0.2) is 0 Å². The predicted molar refractivity (Wildman–Crippen MR) is 69.5 cm³/mol. The largest absolute Gasteiger partial charge is 0.324 e. The molecule has 1 nitrogen and oxygen atoms in total. The lowest BCUT2D eigenvalue weighted by atomic mass is 9.92. The molecule has 2 N–H and O–H groups in total. The summed E-state index contributed by atoms with van der Waals surface area (Å²) in [5.74, 6) is -0.304. The van der Waals surface area contributed by atoms with Crippen LogP contribution in [0.25, 0.3) is 0 Å². The maximum atomic E-state index is 13.7. The summed E-state index contributed by atoms with van der Waals surface area (Å²) in [6, 6.07) is 4.43. The molecule has 92 valence electrons. The van der Waals surface area contributed by atoms with Crippen LogP contribution < -0.4 is 5.73 Å². The van der Waals surface area contributed by atoms with Crippen molar-refractivity contribution in [3.63, 3.8) is 0 Å². The fourth-order valence-corrected chi connectivity index (χ4v) is 2.44. The zero-order valence-corrected chi connectivity index (χ0v) is 10.5. The van der Waals surface area contributed by atoms with Gasteiger partial charge in [-0.15, -0.1) is 0 Å². The summed E-state index contributed by atoms with van der Waals surface area (Å²) in [7, 11) is 0. The van der Waals surface area contributed by atoms with Crippen molar-refractivity contribution in [2.24, 2.45) is 5.73 Å². The zero-order valence-electron chi connectivity index (χ0n) is 9.76. The third kappa shape index (κ3) is 3.30. The highest BCUT2D eigenvalue weighted by Crippen LogP contribution is 2.28. The van der Waals surface area contributed by atoms with Gasteiger partial charge in [0.25, 0.3) is 0 Å². The normalized spacial score (nSPS) is 17.7. The van der Waals surface area contributed by atoms with Crippen LogP contribution in [-0.4, -0.2) is 0 Å². The number of allylic oxidation sites excluding steroid dienone is 1. The van der Waals surface area contributed by atoms with E-state index in [-0.39, 0.29) is 11.9 Å². The molecule has 1 aromatic carbocycles. The van der Waals surface area contributed by atoms with Crippen LogP contribution in [-0.2, 0) is 0 Å². The van der Waals surface area contributed by atoms with E-state index in [2.05, 4.69) is 6.08 Å². The van der Waals surface area contributed by atoms with Gasteiger partial charge < -0.3 is 5.73 Å².